The van der Waals surface area contributed by atoms with Crippen LogP contribution in [0.3, 0.4) is 0 Å². The third kappa shape index (κ3) is 5.51. The molecule has 126 valence electrons. The smallest absolute Gasteiger partial charge is 0.315 e. The molecule has 1 atom stereocenters. The average molecular weight is 385 g/mol. The van der Waals surface area contributed by atoms with Crippen LogP contribution in [0.2, 0.25) is 0 Å². The highest BCUT2D eigenvalue weighted by Gasteiger charge is 2.26. The molecule has 1 fully saturated rings. The summed E-state index contributed by atoms with van der Waals surface area (Å²) in [6.07, 6.45) is 1.72. The highest BCUT2D eigenvalue weighted by molar-refractivity contribution is 9.10. The Labute approximate surface area is 143 Å². The van der Waals surface area contributed by atoms with Gasteiger partial charge in [-0.3, -0.25) is 4.79 Å². The zero-order chi connectivity index (χ0) is 16.8. The molecular formula is C16H21BrN2O4. The van der Waals surface area contributed by atoms with Crippen LogP contribution >= 0.6 is 15.9 Å². The summed E-state index contributed by atoms with van der Waals surface area (Å²) in [5.41, 5.74) is 0.724. The van der Waals surface area contributed by atoms with Gasteiger partial charge in [-0.25, -0.2) is 4.79 Å². The summed E-state index contributed by atoms with van der Waals surface area (Å²) >= 11 is 3.34. The summed E-state index contributed by atoms with van der Waals surface area (Å²) in [5.74, 6) is -1.06. The van der Waals surface area contributed by atoms with Crippen LogP contribution < -0.4 is 10.6 Å². The van der Waals surface area contributed by atoms with E-state index < -0.39 is 12.1 Å². The Hall–Kier alpha value is -1.60. The van der Waals surface area contributed by atoms with E-state index in [1.165, 1.54) is 0 Å². The van der Waals surface area contributed by atoms with E-state index in [2.05, 4.69) is 26.6 Å². The maximum Gasteiger partial charge on any atom is 0.315 e. The molecule has 0 saturated heterocycles. The lowest BCUT2D eigenvalue weighted by atomic mass is 9.86. The zero-order valence-corrected chi connectivity index (χ0v) is 14.3. The number of carbonyl (C=O) groups is 2. The van der Waals surface area contributed by atoms with E-state index in [1.54, 1.807) is 12.1 Å². The second-order valence-electron chi connectivity index (χ2n) is 5.81. The number of hydrogen-bond donors (Lipinski definition) is 4. The second kappa shape index (κ2) is 8.31. The van der Waals surface area contributed by atoms with E-state index in [0.717, 1.165) is 10.0 Å². The lowest BCUT2D eigenvalue weighted by Gasteiger charge is -2.27. The van der Waals surface area contributed by atoms with Crippen molar-refractivity contribution in [2.75, 3.05) is 6.54 Å². The van der Waals surface area contributed by atoms with Crippen LogP contribution in [0.25, 0.3) is 0 Å². The number of carbonyl (C=O) groups excluding carboxylic acids is 1. The van der Waals surface area contributed by atoms with Crippen molar-refractivity contribution in [1.29, 1.82) is 0 Å². The van der Waals surface area contributed by atoms with Gasteiger partial charge in [-0.15, -0.1) is 0 Å². The van der Waals surface area contributed by atoms with Crippen molar-refractivity contribution in [2.45, 2.75) is 37.8 Å². The van der Waals surface area contributed by atoms with Crippen LogP contribution in [0.15, 0.2) is 28.7 Å². The first-order valence-electron chi connectivity index (χ1n) is 7.66. The fraction of sp³-hybridized carbons (Fsp3) is 0.500. The van der Waals surface area contributed by atoms with E-state index in [9.17, 15) is 14.7 Å². The summed E-state index contributed by atoms with van der Waals surface area (Å²) in [6.45, 7) is 0.118. The Morgan fingerprint density at radius 1 is 1.26 bits per heavy atom. The lowest BCUT2D eigenvalue weighted by molar-refractivity contribution is -0.142. The first kappa shape index (κ1) is 17.7. The second-order valence-corrected chi connectivity index (χ2v) is 6.73. The molecule has 0 radical (unpaired) electrons. The average Bonchev–Trinajstić information content (AvgIpc) is 2.53. The third-order valence-electron chi connectivity index (χ3n) is 4.10. The van der Waals surface area contributed by atoms with Crippen molar-refractivity contribution >= 4 is 27.9 Å². The normalized spacial score (nSPS) is 22.2. The Kier molecular flexibility index (Phi) is 6.41. The molecule has 2 rings (SSSR count). The van der Waals surface area contributed by atoms with Crippen LogP contribution in [0.4, 0.5) is 4.79 Å². The Morgan fingerprint density at radius 3 is 2.57 bits per heavy atom. The minimum Gasteiger partial charge on any atom is -0.481 e. The predicted octanol–water partition coefficient (Wildman–Crippen LogP) is 2.43. The Bertz CT molecular complexity index is 559. The first-order valence-corrected chi connectivity index (χ1v) is 8.45. The maximum absolute atomic E-state index is 11.9. The van der Waals surface area contributed by atoms with Gasteiger partial charge >= 0.3 is 12.0 Å². The van der Waals surface area contributed by atoms with Gasteiger partial charge in [0.2, 0.25) is 0 Å². The molecule has 1 aromatic carbocycles. The predicted molar refractivity (Wildman–Crippen MR) is 89.0 cm³/mol. The molecule has 1 aliphatic rings. The monoisotopic (exact) mass is 384 g/mol. The SMILES string of the molecule is O=C(NC[C@H](O)c1cccc(Br)c1)NC1CCC(C(=O)O)CC1. The van der Waals surface area contributed by atoms with E-state index in [-0.39, 0.29) is 24.5 Å². The minimum atomic E-state index is -0.777. The highest BCUT2D eigenvalue weighted by Crippen LogP contribution is 2.24. The van der Waals surface area contributed by atoms with Gasteiger partial charge in [0.1, 0.15) is 0 Å². The fourth-order valence-electron chi connectivity index (χ4n) is 2.74. The summed E-state index contributed by atoms with van der Waals surface area (Å²) in [5, 5.41) is 24.5. The van der Waals surface area contributed by atoms with Gasteiger partial charge in [0, 0.05) is 17.1 Å². The number of halogens is 1. The molecule has 0 bridgehead atoms. The van der Waals surface area contributed by atoms with E-state index >= 15 is 0 Å². The molecule has 0 aromatic heterocycles. The van der Waals surface area contributed by atoms with Crippen molar-refractivity contribution in [2.24, 2.45) is 5.92 Å². The number of rotatable bonds is 5. The van der Waals surface area contributed by atoms with E-state index in [4.69, 9.17) is 5.11 Å². The molecule has 2 amide bonds. The van der Waals surface area contributed by atoms with Crippen LogP contribution in [0, 0.1) is 5.92 Å². The summed E-state index contributed by atoms with van der Waals surface area (Å²) in [7, 11) is 0. The summed E-state index contributed by atoms with van der Waals surface area (Å²) < 4.78 is 0.869. The lowest BCUT2D eigenvalue weighted by Crippen LogP contribution is -2.45. The van der Waals surface area contributed by atoms with Crippen molar-refractivity contribution < 1.29 is 19.8 Å². The molecule has 1 saturated carbocycles. The number of carboxylic acids is 1. The van der Waals surface area contributed by atoms with Gasteiger partial charge in [0.15, 0.2) is 0 Å². The molecule has 0 heterocycles. The van der Waals surface area contributed by atoms with Gasteiger partial charge < -0.3 is 20.8 Å². The molecule has 1 aromatic rings. The molecule has 23 heavy (non-hydrogen) atoms. The first-order chi connectivity index (χ1) is 11.0. The van der Waals surface area contributed by atoms with Crippen LogP contribution in [0.1, 0.15) is 37.4 Å². The molecule has 0 aliphatic heterocycles. The number of amides is 2. The van der Waals surface area contributed by atoms with Gasteiger partial charge in [-0.2, -0.15) is 0 Å². The number of aliphatic hydroxyl groups excluding tert-OH is 1. The molecule has 0 spiro atoms. The Balaban J connectivity index is 1.72. The van der Waals surface area contributed by atoms with Gasteiger partial charge in [-0.1, -0.05) is 28.1 Å². The number of nitrogens with one attached hydrogen (secondary N) is 2. The van der Waals surface area contributed by atoms with Gasteiger partial charge in [-0.05, 0) is 43.4 Å². The molecule has 4 N–H and O–H groups in total. The zero-order valence-electron chi connectivity index (χ0n) is 12.7. The standard InChI is InChI=1S/C16H21BrN2O4/c17-12-3-1-2-11(8-12)14(20)9-18-16(23)19-13-6-4-10(5-7-13)15(21)22/h1-3,8,10,13-14,20H,4-7,9H2,(H,21,22)(H2,18,19,23)/t10?,13?,14-/m0/s1. The number of hydrogen-bond acceptors (Lipinski definition) is 3. The largest absolute Gasteiger partial charge is 0.481 e. The van der Waals surface area contributed by atoms with Crippen LogP contribution in [-0.2, 0) is 4.79 Å². The van der Waals surface area contributed by atoms with Crippen molar-refractivity contribution in [3.05, 3.63) is 34.3 Å². The van der Waals surface area contributed by atoms with Crippen molar-refractivity contribution in [3.8, 4) is 0 Å². The quantitative estimate of drug-likeness (QED) is 0.626. The van der Waals surface area contributed by atoms with Crippen molar-refractivity contribution in [1.82, 2.24) is 10.6 Å². The Morgan fingerprint density at radius 2 is 1.96 bits per heavy atom. The topological polar surface area (TPSA) is 98.7 Å². The molecule has 6 nitrogen and oxygen atoms in total. The minimum absolute atomic E-state index is 0.00591. The maximum atomic E-state index is 11.9. The number of benzene rings is 1. The third-order valence-corrected chi connectivity index (χ3v) is 4.59. The van der Waals surface area contributed by atoms with Gasteiger partial charge in [0.25, 0.3) is 0 Å². The number of carboxylic acid groups (broad SMARTS) is 1. The van der Waals surface area contributed by atoms with Crippen LogP contribution in [-0.4, -0.2) is 34.8 Å². The van der Waals surface area contributed by atoms with E-state index in [0.29, 0.717) is 25.7 Å². The number of aliphatic hydroxyl groups is 1. The molecule has 1 aliphatic carbocycles. The molecule has 7 heteroatoms. The van der Waals surface area contributed by atoms with E-state index in [1.807, 2.05) is 12.1 Å². The summed E-state index contributed by atoms with van der Waals surface area (Å²) in [6, 6.07) is 6.94. The van der Waals surface area contributed by atoms with Crippen molar-refractivity contribution in [3.63, 3.8) is 0 Å². The molecule has 0 unspecified atom stereocenters. The van der Waals surface area contributed by atoms with Crippen LogP contribution in [0.5, 0.6) is 0 Å². The summed E-state index contributed by atoms with van der Waals surface area (Å²) in [4.78, 5) is 22.8. The number of aliphatic carboxylic acids is 1. The fourth-order valence-corrected chi connectivity index (χ4v) is 3.16. The molecular weight excluding hydrogens is 364 g/mol. The highest BCUT2D eigenvalue weighted by atomic mass is 79.9. The van der Waals surface area contributed by atoms with Gasteiger partial charge in [0.05, 0.1) is 12.0 Å². The number of urea groups is 1.